The first kappa shape index (κ1) is 19.9. The number of rotatable bonds is 6. The van der Waals surface area contributed by atoms with Gasteiger partial charge in [0.25, 0.3) is 5.56 Å². The summed E-state index contributed by atoms with van der Waals surface area (Å²) < 4.78 is 6.67. The van der Waals surface area contributed by atoms with Crippen LogP contribution in [0.1, 0.15) is 28.4 Å². The number of hydrogen-bond donors (Lipinski definition) is 0. The molecule has 0 saturated heterocycles. The molecule has 3 aromatic rings. The molecule has 0 aliphatic rings. The second kappa shape index (κ2) is 8.44. The largest absolute Gasteiger partial charge is 0.497 e. The van der Waals surface area contributed by atoms with Gasteiger partial charge in [-0.25, -0.2) is 4.98 Å². The first-order valence-electron chi connectivity index (χ1n) is 8.91. The molecule has 0 N–H and O–H groups in total. The number of hydrogen-bond acceptors (Lipinski definition) is 5. The Morgan fingerprint density at radius 3 is 2.46 bits per heavy atom. The molecule has 0 radical (unpaired) electrons. The molecule has 144 valence electrons. The summed E-state index contributed by atoms with van der Waals surface area (Å²) in [7, 11) is 1.59. The highest BCUT2D eigenvalue weighted by molar-refractivity contribution is 8.00. The van der Waals surface area contributed by atoms with Crippen LogP contribution in [0.4, 0.5) is 0 Å². The van der Waals surface area contributed by atoms with E-state index in [0.717, 1.165) is 11.1 Å². The van der Waals surface area contributed by atoms with Crippen molar-refractivity contribution in [1.82, 2.24) is 9.55 Å². The molecule has 0 unspecified atom stereocenters. The van der Waals surface area contributed by atoms with Crippen molar-refractivity contribution in [2.24, 2.45) is 0 Å². The molecular weight excluding hydrogens is 372 g/mol. The lowest BCUT2D eigenvalue weighted by molar-refractivity contribution is 0.0994. The van der Waals surface area contributed by atoms with E-state index in [1.54, 1.807) is 50.7 Å². The second-order valence-corrected chi connectivity index (χ2v) is 7.86. The molecule has 2 aromatic carbocycles. The molecule has 5 nitrogen and oxygen atoms in total. The third kappa shape index (κ3) is 4.17. The number of Topliss-reactive ketones (excluding diaryl/α,β-unsaturated/α-hetero) is 1. The summed E-state index contributed by atoms with van der Waals surface area (Å²) in [4.78, 5) is 29.8. The zero-order chi connectivity index (χ0) is 20.3. The summed E-state index contributed by atoms with van der Waals surface area (Å²) in [5, 5.41) is -0.128. The number of carbonyl (C=O) groups is 1. The molecule has 0 aliphatic carbocycles. The SMILES string of the molecule is COc1ccc(-n2ccnc(S[C@@H](C)C(=O)c3ccc(C)c(C)c3)c2=O)cc1. The quantitative estimate of drug-likeness (QED) is 0.463. The molecule has 0 fully saturated rings. The summed E-state index contributed by atoms with van der Waals surface area (Å²) in [5.74, 6) is 0.696. The van der Waals surface area contributed by atoms with Crippen LogP contribution in [-0.2, 0) is 0 Å². The Hall–Kier alpha value is -2.86. The third-order valence-electron chi connectivity index (χ3n) is 4.61. The van der Waals surface area contributed by atoms with Gasteiger partial charge in [-0.15, -0.1) is 0 Å². The maximum atomic E-state index is 12.9. The highest BCUT2D eigenvalue weighted by Gasteiger charge is 2.20. The number of ketones is 1. The highest BCUT2D eigenvalue weighted by Crippen LogP contribution is 2.23. The lowest BCUT2D eigenvalue weighted by atomic mass is 10.0. The number of carbonyl (C=O) groups excluding carboxylic acids is 1. The molecule has 0 amide bonds. The number of benzene rings is 2. The average Bonchev–Trinajstić information content (AvgIpc) is 2.71. The maximum Gasteiger partial charge on any atom is 0.287 e. The van der Waals surface area contributed by atoms with Gasteiger partial charge in [0.05, 0.1) is 12.4 Å². The van der Waals surface area contributed by atoms with Gasteiger partial charge in [0.15, 0.2) is 10.8 Å². The number of aromatic nitrogens is 2. The summed E-state index contributed by atoms with van der Waals surface area (Å²) in [5.41, 5.74) is 3.32. The molecule has 6 heteroatoms. The van der Waals surface area contributed by atoms with Crippen molar-refractivity contribution in [3.05, 3.63) is 81.9 Å². The van der Waals surface area contributed by atoms with E-state index in [4.69, 9.17) is 4.74 Å². The average molecular weight is 394 g/mol. The van der Waals surface area contributed by atoms with Crippen LogP contribution in [0.15, 0.2) is 64.7 Å². The molecule has 1 heterocycles. The smallest absolute Gasteiger partial charge is 0.287 e. The van der Waals surface area contributed by atoms with Crippen LogP contribution < -0.4 is 10.3 Å². The first-order chi connectivity index (χ1) is 13.4. The van der Waals surface area contributed by atoms with E-state index in [1.165, 1.54) is 16.3 Å². The van der Waals surface area contributed by atoms with Crippen LogP contribution >= 0.6 is 11.8 Å². The van der Waals surface area contributed by atoms with E-state index < -0.39 is 5.25 Å². The summed E-state index contributed by atoms with van der Waals surface area (Å²) in [6.07, 6.45) is 3.19. The fourth-order valence-electron chi connectivity index (χ4n) is 2.77. The van der Waals surface area contributed by atoms with E-state index in [9.17, 15) is 9.59 Å². The van der Waals surface area contributed by atoms with Gasteiger partial charge in [0.2, 0.25) is 0 Å². The minimum atomic E-state index is -0.422. The number of ether oxygens (including phenoxy) is 1. The van der Waals surface area contributed by atoms with Gasteiger partial charge in [-0.2, -0.15) is 0 Å². The van der Waals surface area contributed by atoms with Gasteiger partial charge in [0, 0.05) is 23.6 Å². The molecule has 1 atom stereocenters. The number of methoxy groups -OCH3 is 1. The molecule has 0 aliphatic heterocycles. The number of thioether (sulfide) groups is 1. The first-order valence-corrected chi connectivity index (χ1v) is 9.79. The van der Waals surface area contributed by atoms with Crippen LogP contribution in [0, 0.1) is 13.8 Å². The Morgan fingerprint density at radius 2 is 1.82 bits per heavy atom. The van der Waals surface area contributed by atoms with Gasteiger partial charge in [-0.3, -0.25) is 14.2 Å². The van der Waals surface area contributed by atoms with Gasteiger partial charge < -0.3 is 4.74 Å². The Morgan fingerprint density at radius 1 is 1.11 bits per heavy atom. The van der Waals surface area contributed by atoms with Crippen molar-refractivity contribution in [2.45, 2.75) is 31.0 Å². The van der Waals surface area contributed by atoms with Crippen molar-refractivity contribution in [3.63, 3.8) is 0 Å². The van der Waals surface area contributed by atoms with Gasteiger partial charge in [-0.05, 0) is 62.2 Å². The fourth-order valence-corrected chi connectivity index (χ4v) is 3.67. The monoisotopic (exact) mass is 394 g/mol. The molecule has 0 bridgehead atoms. The van der Waals surface area contributed by atoms with Gasteiger partial charge in [0.1, 0.15) is 5.75 Å². The fraction of sp³-hybridized carbons (Fsp3) is 0.227. The van der Waals surface area contributed by atoms with E-state index in [2.05, 4.69) is 4.98 Å². The van der Waals surface area contributed by atoms with Crippen molar-refractivity contribution >= 4 is 17.5 Å². The Kier molecular flexibility index (Phi) is 5.99. The Labute approximate surface area is 168 Å². The topological polar surface area (TPSA) is 61.2 Å². The lowest BCUT2D eigenvalue weighted by Crippen LogP contribution is -2.23. The number of aryl methyl sites for hydroxylation is 2. The van der Waals surface area contributed by atoms with Crippen molar-refractivity contribution in [2.75, 3.05) is 7.11 Å². The summed E-state index contributed by atoms with van der Waals surface area (Å²) in [6.45, 7) is 5.79. The van der Waals surface area contributed by atoms with Crippen LogP contribution in [0.25, 0.3) is 5.69 Å². The van der Waals surface area contributed by atoms with Gasteiger partial charge in [-0.1, -0.05) is 23.9 Å². The Bertz CT molecular complexity index is 1060. The third-order valence-corrected chi connectivity index (χ3v) is 5.68. The van der Waals surface area contributed by atoms with E-state index in [1.807, 2.05) is 32.0 Å². The molecule has 28 heavy (non-hydrogen) atoms. The molecule has 0 saturated carbocycles. The summed E-state index contributed by atoms with van der Waals surface area (Å²) >= 11 is 1.18. The highest BCUT2D eigenvalue weighted by atomic mass is 32.2. The Balaban J connectivity index is 1.84. The second-order valence-electron chi connectivity index (χ2n) is 6.53. The summed E-state index contributed by atoms with van der Waals surface area (Å²) in [6, 6.07) is 12.9. The number of nitrogens with zero attached hydrogens (tertiary/aromatic N) is 2. The van der Waals surface area contributed by atoms with Crippen LogP contribution in [0.3, 0.4) is 0 Å². The standard InChI is InChI=1S/C22H22N2O3S/c1-14-5-6-17(13-15(14)2)20(25)16(3)28-21-22(26)24(12-11-23-21)18-7-9-19(27-4)10-8-18/h5-13,16H,1-4H3/t16-/m0/s1. The molecule has 0 spiro atoms. The lowest BCUT2D eigenvalue weighted by Gasteiger charge is -2.12. The van der Waals surface area contributed by atoms with Crippen molar-refractivity contribution in [3.8, 4) is 11.4 Å². The molecule has 1 aromatic heterocycles. The molecule has 3 rings (SSSR count). The van der Waals surface area contributed by atoms with Crippen LogP contribution in [0.2, 0.25) is 0 Å². The van der Waals surface area contributed by atoms with Crippen LogP contribution in [0.5, 0.6) is 5.75 Å². The van der Waals surface area contributed by atoms with E-state index in [-0.39, 0.29) is 11.3 Å². The minimum Gasteiger partial charge on any atom is -0.497 e. The predicted molar refractivity (Wildman–Crippen MR) is 112 cm³/mol. The van der Waals surface area contributed by atoms with Gasteiger partial charge >= 0.3 is 0 Å². The normalized spacial score (nSPS) is 11.9. The zero-order valence-corrected chi connectivity index (χ0v) is 17.1. The zero-order valence-electron chi connectivity index (χ0n) is 16.3. The predicted octanol–water partition coefficient (Wildman–Crippen LogP) is 4.22. The maximum absolute atomic E-state index is 12.9. The van der Waals surface area contributed by atoms with Crippen molar-refractivity contribution in [1.29, 1.82) is 0 Å². The van der Waals surface area contributed by atoms with E-state index >= 15 is 0 Å². The van der Waals surface area contributed by atoms with Crippen molar-refractivity contribution < 1.29 is 9.53 Å². The van der Waals surface area contributed by atoms with Crippen LogP contribution in [-0.4, -0.2) is 27.7 Å². The molecular formula is C22H22N2O3S. The minimum absolute atomic E-state index is 0.0193. The van der Waals surface area contributed by atoms with E-state index in [0.29, 0.717) is 22.0 Å².